The monoisotopic (exact) mass is 283 g/mol. The molecule has 1 saturated heterocycles. The molecule has 1 N–H and O–H groups in total. The minimum Gasteiger partial charge on any atom is -0.484 e. The highest BCUT2D eigenvalue weighted by Crippen LogP contribution is 2.15. The Morgan fingerprint density at radius 1 is 1.26 bits per heavy atom. The van der Waals surface area contributed by atoms with Gasteiger partial charge in [-0.05, 0) is 31.3 Å². The summed E-state index contributed by atoms with van der Waals surface area (Å²) in [6.45, 7) is 3.59. The summed E-state index contributed by atoms with van der Waals surface area (Å²) in [5.41, 5.74) is 2.84. The molecule has 2 rings (SSSR count). The summed E-state index contributed by atoms with van der Waals surface area (Å²) >= 11 is 5.77. The van der Waals surface area contributed by atoms with Gasteiger partial charge in [-0.3, -0.25) is 10.2 Å². The summed E-state index contributed by atoms with van der Waals surface area (Å²) in [6, 6.07) is 6.95. The lowest BCUT2D eigenvalue weighted by molar-refractivity contribution is -0.128. The van der Waals surface area contributed by atoms with Gasteiger partial charge in [-0.2, -0.15) is 0 Å². The molecule has 104 valence electrons. The second-order valence-corrected chi connectivity index (χ2v) is 5.00. The van der Waals surface area contributed by atoms with E-state index in [1.54, 1.807) is 24.3 Å². The lowest BCUT2D eigenvalue weighted by Crippen LogP contribution is -2.53. The van der Waals surface area contributed by atoms with Crippen molar-refractivity contribution in [2.75, 3.05) is 39.8 Å². The van der Waals surface area contributed by atoms with E-state index >= 15 is 0 Å². The zero-order valence-electron chi connectivity index (χ0n) is 10.9. The first-order valence-corrected chi connectivity index (χ1v) is 6.62. The van der Waals surface area contributed by atoms with Crippen molar-refractivity contribution in [2.45, 2.75) is 0 Å². The molecule has 5 nitrogen and oxygen atoms in total. The summed E-state index contributed by atoms with van der Waals surface area (Å²) in [4.78, 5) is 13.9. The SMILES string of the molecule is CN1CCN(NC(=O)COc2ccc(Cl)cc2)CC1. The Morgan fingerprint density at radius 3 is 2.53 bits per heavy atom. The number of rotatable bonds is 4. The molecule has 0 aliphatic carbocycles. The molecular formula is C13H18ClN3O2. The maximum absolute atomic E-state index is 11.7. The highest BCUT2D eigenvalue weighted by Gasteiger charge is 2.15. The molecule has 0 aromatic heterocycles. The van der Waals surface area contributed by atoms with Crippen LogP contribution in [0, 0.1) is 0 Å². The minimum atomic E-state index is -0.139. The van der Waals surface area contributed by atoms with Gasteiger partial charge in [0.2, 0.25) is 0 Å². The second kappa shape index (κ2) is 6.75. The Kier molecular flexibility index (Phi) is 5.01. The summed E-state index contributed by atoms with van der Waals surface area (Å²) < 4.78 is 5.38. The number of amides is 1. The molecule has 0 unspecified atom stereocenters. The molecule has 1 aromatic carbocycles. The van der Waals surface area contributed by atoms with Crippen LogP contribution >= 0.6 is 11.6 Å². The van der Waals surface area contributed by atoms with Gasteiger partial charge < -0.3 is 9.64 Å². The Balaban J connectivity index is 1.71. The van der Waals surface area contributed by atoms with Gasteiger partial charge in [0, 0.05) is 31.2 Å². The van der Waals surface area contributed by atoms with Crippen LogP contribution in [0.15, 0.2) is 24.3 Å². The van der Waals surface area contributed by atoms with Gasteiger partial charge in [-0.1, -0.05) is 11.6 Å². The topological polar surface area (TPSA) is 44.8 Å². The van der Waals surface area contributed by atoms with Gasteiger partial charge in [0.25, 0.3) is 5.91 Å². The molecule has 0 radical (unpaired) electrons. The van der Waals surface area contributed by atoms with Crippen LogP contribution in [0.1, 0.15) is 0 Å². The third kappa shape index (κ3) is 4.70. The smallest absolute Gasteiger partial charge is 0.272 e. The number of likely N-dealkylation sites (N-methyl/N-ethyl adjacent to an activating group) is 1. The number of carbonyl (C=O) groups excluding carboxylic acids is 1. The maximum atomic E-state index is 11.7. The Labute approximate surface area is 118 Å². The van der Waals surface area contributed by atoms with Gasteiger partial charge in [-0.25, -0.2) is 5.01 Å². The van der Waals surface area contributed by atoms with E-state index in [-0.39, 0.29) is 12.5 Å². The first-order chi connectivity index (χ1) is 9.13. The fraction of sp³-hybridized carbons (Fsp3) is 0.462. The molecule has 0 spiro atoms. The quantitative estimate of drug-likeness (QED) is 0.895. The average molecular weight is 284 g/mol. The third-order valence-corrected chi connectivity index (χ3v) is 3.22. The molecule has 1 fully saturated rings. The van der Waals surface area contributed by atoms with E-state index < -0.39 is 0 Å². The molecule has 1 aromatic rings. The van der Waals surface area contributed by atoms with Crippen LogP contribution in [-0.2, 0) is 4.79 Å². The van der Waals surface area contributed by atoms with Crippen LogP contribution in [0.2, 0.25) is 5.02 Å². The predicted molar refractivity (Wildman–Crippen MR) is 74.2 cm³/mol. The number of hydrogen-bond donors (Lipinski definition) is 1. The third-order valence-electron chi connectivity index (χ3n) is 2.97. The van der Waals surface area contributed by atoms with E-state index in [9.17, 15) is 4.79 Å². The first kappa shape index (κ1) is 14.1. The van der Waals surface area contributed by atoms with Crippen molar-refractivity contribution in [3.8, 4) is 5.75 Å². The number of hydrazine groups is 1. The lowest BCUT2D eigenvalue weighted by Gasteiger charge is -2.32. The number of halogens is 1. The maximum Gasteiger partial charge on any atom is 0.272 e. The fourth-order valence-electron chi connectivity index (χ4n) is 1.81. The van der Waals surface area contributed by atoms with E-state index in [0.29, 0.717) is 10.8 Å². The highest BCUT2D eigenvalue weighted by molar-refractivity contribution is 6.30. The van der Waals surface area contributed by atoms with Crippen molar-refractivity contribution in [2.24, 2.45) is 0 Å². The van der Waals surface area contributed by atoms with Crippen LogP contribution in [0.5, 0.6) is 5.75 Å². The zero-order valence-corrected chi connectivity index (χ0v) is 11.7. The van der Waals surface area contributed by atoms with Crippen molar-refractivity contribution in [3.05, 3.63) is 29.3 Å². The molecule has 19 heavy (non-hydrogen) atoms. The molecule has 0 saturated carbocycles. The highest BCUT2D eigenvalue weighted by atomic mass is 35.5. The van der Waals surface area contributed by atoms with E-state index in [4.69, 9.17) is 16.3 Å². The molecule has 0 bridgehead atoms. The predicted octanol–water partition coefficient (Wildman–Crippen LogP) is 0.997. The Morgan fingerprint density at radius 2 is 1.89 bits per heavy atom. The van der Waals surface area contributed by atoms with Crippen molar-refractivity contribution < 1.29 is 9.53 Å². The number of hydrogen-bond acceptors (Lipinski definition) is 4. The fourth-order valence-corrected chi connectivity index (χ4v) is 1.93. The number of carbonyl (C=O) groups is 1. The van der Waals surface area contributed by atoms with Crippen LogP contribution in [0.4, 0.5) is 0 Å². The normalized spacial score (nSPS) is 17.2. The number of nitrogens with one attached hydrogen (secondary N) is 1. The van der Waals surface area contributed by atoms with Gasteiger partial charge in [0.05, 0.1) is 0 Å². The molecular weight excluding hydrogens is 266 g/mol. The number of nitrogens with zero attached hydrogens (tertiary/aromatic N) is 2. The van der Waals surface area contributed by atoms with Crippen LogP contribution in [0.25, 0.3) is 0 Å². The van der Waals surface area contributed by atoms with E-state index in [1.165, 1.54) is 0 Å². The average Bonchev–Trinajstić information content (AvgIpc) is 2.41. The number of ether oxygens (including phenoxy) is 1. The van der Waals surface area contributed by atoms with Crippen molar-refractivity contribution in [1.29, 1.82) is 0 Å². The molecule has 1 heterocycles. The molecule has 1 aliphatic rings. The van der Waals surface area contributed by atoms with Crippen LogP contribution in [-0.4, -0.2) is 55.6 Å². The lowest BCUT2D eigenvalue weighted by atomic mass is 10.3. The van der Waals surface area contributed by atoms with Crippen molar-refractivity contribution in [1.82, 2.24) is 15.3 Å². The largest absolute Gasteiger partial charge is 0.484 e. The van der Waals surface area contributed by atoms with Crippen molar-refractivity contribution in [3.63, 3.8) is 0 Å². The number of benzene rings is 1. The van der Waals surface area contributed by atoms with Gasteiger partial charge in [0.1, 0.15) is 5.75 Å². The molecule has 1 amide bonds. The van der Waals surface area contributed by atoms with Crippen molar-refractivity contribution >= 4 is 17.5 Å². The van der Waals surface area contributed by atoms with Gasteiger partial charge in [-0.15, -0.1) is 0 Å². The molecule has 6 heteroatoms. The van der Waals surface area contributed by atoms with E-state index in [1.807, 2.05) is 5.01 Å². The molecule has 1 aliphatic heterocycles. The zero-order chi connectivity index (χ0) is 13.7. The van der Waals surface area contributed by atoms with E-state index in [2.05, 4.69) is 17.4 Å². The Hall–Kier alpha value is -1.30. The summed E-state index contributed by atoms with van der Waals surface area (Å²) in [7, 11) is 2.07. The molecule has 0 atom stereocenters. The van der Waals surface area contributed by atoms with Gasteiger partial charge in [0.15, 0.2) is 6.61 Å². The Bertz CT molecular complexity index is 416. The summed E-state index contributed by atoms with van der Waals surface area (Å²) in [6.07, 6.45) is 0. The van der Waals surface area contributed by atoms with Gasteiger partial charge >= 0.3 is 0 Å². The second-order valence-electron chi connectivity index (χ2n) is 4.57. The number of piperazine rings is 1. The standard InChI is InChI=1S/C13H18ClN3O2/c1-16-6-8-17(9-7-16)15-13(18)10-19-12-4-2-11(14)3-5-12/h2-5H,6-10H2,1H3,(H,15,18). The van der Waals surface area contributed by atoms with Crippen LogP contribution < -0.4 is 10.2 Å². The summed E-state index contributed by atoms with van der Waals surface area (Å²) in [5, 5.41) is 2.57. The van der Waals surface area contributed by atoms with E-state index in [0.717, 1.165) is 26.2 Å². The minimum absolute atomic E-state index is 0.00791. The van der Waals surface area contributed by atoms with Crippen LogP contribution in [0.3, 0.4) is 0 Å². The summed E-state index contributed by atoms with van der Waals surface area (Å²) in [5.74, 6) is 0.498. The first-order valence-electron chi connectivity index (χ1n) is 6.25.